The summed E-state index contributed by atoms with van der Waals surface area (Å²) in [6.45, 7) is 2.39. The Morgan fingerprint density at radius 2 is 1.75 bits per heavy atom. The molecule has 0 spiro atoms. The van der Waals surface area contributed by atoms with Gasteiger partial charge in [0.15, 0.2) is 0 Å². The maximum atomic E-state index is 11.6. The molecule has 0 N–H and O–H groups in total. The topological polar surface area (TPSA) is 52.6 Å². The van der Waals surface area contributed by atoms with Crippen molar-refractivity contribution in [2.75, 3.05) is 6.61 Å². The molecule has 0 saturated carbocycles. The zero-order valence-electron chi connectivity index (χ0n) is 11.6. The van der Waals surface area contributed by atoms with Crippen LogP contribution >= 0.6 is 11.6 Å². The van der Waals surface area contributed by atoms with Crippen molar-refractivity contribution < 1.29 is 19.1 Å². The van der Waals surface area contributed by atoms with Crippen molar-refractivity contribution in [3.05, 3.63) is 29.3 Å². The minimum absolute atomic E-state index is 0.216. The number of esters is 2. The number of unbranched alkanes of at least 4 members (excludes halogenated alkanes) is 1. The third kappa shape index (κ3) is 6.57. The lowest BCUT2D eigenvalue weighted by Crippen LogP contribution is -2.09. The molecule has 0 unspecified atom stereocenters. The number of hydrogen-bond donors (Lipinski definition) is 0. The number of halogens is 1. The van der Waals surface area contributed by atoms with Crippen LogP contribution in [0.4, 0.5) is 0 Å². The molecule has 0 heterocycles. The molecule has 0 radical (unpaired) electrons. The summed E-state index contributed by atoms with van der Waals surface area (Å²) in [5.41, 5.74) is 0. The molecule has 0 bridgehead atoms. The van der Waals surface area contributed by atoms with Gasteiger partial charge in [-0.15, -0.1) is 0 Å². The molecule has 0 aliphatic carbocycles. The summed E-state index contributed by atoms with van der Waals surface area (Å²) < 4.78 is 10.1. The molecule has 0 aromatic heterocycles. The zero-order chi connectivity index (χ0) is 14.8. The summed E-state index contributed by atoms with van der Waals surface area (Å²) in [7, 11) is 0. The van der Waals surface area contributed by atoms with E-state index in [0.717, 1.165) is 6.42 Å². The number of benzene rings is 1. The van der Waals surface area contributed by atoms with Gasteiger partial charge in [-0.3, -0.25) is 9.59 Å². The lowest BCUT2D eigenvalue weighted by molar-refractivity contribution is -0.144. The van der Waals surface area contributed by atoms with Crippen LogP contribution in [0.15, 0.2) is 24.3 Å². The molecule has 0 aliphatic rings. The molecule has 4 nitrogen and oxygen atoms in total. The predicted molar refractivity (Wildman–Crippen MR) is 76.8 cm³/mol. The molecule has 0 atom stereocenters. The minimum atomic E-state index is -0.347. The van der Waals surface area contributed by atoms with Gasteiger partial charge < -0.3 is 9.47 Å². The van der Waals surface area contributed by atoms with Gasteiger partial charge in [0.25, 0.3) is 0 Å². The highest BCUT2D eigenvalue weighted by Gasteiger charge is 2.08. The van der Waals surface area contributed by atoms with E-state index >= 15 is 0 Å². The van der Waals surface area contributed by atoms with Crippen LogP contribution in [0.5, 0.6) is 5.75 Å². The maximum Gasteiger partial charge on any atom is 0.311 e. The largest absolute Gasteiger partial charge is 0.466 e. The molecule has 0 aliphatic heterocycles. The summed E-state index contributed by atoms with van der Waals surface area (Å²) in [4.78, 5) is 22.8. The molecule has 0 amide bonds. The fourth-order valence-corrected chi connectivity index (χ4v) is 1.70. The van der Waals surface area contributed by atoms with E-state index < -0.39 is 0 Å². The van der Waals surface area contributed by atoms with E-state index in [-0.39, 0.29) is 18.4 Å². The summed E-state index contributed by atoms with van der Waals surface area (Å²) >= 11 is 5.88. The Hall–Kier alpha value is -1.55. The second-order valence-electron chi connectivity index (χ2n) is 4.33. The summed E-state index contributed by atoms with van der Waals surface area (Å²) in [6, 6.07) is 6.82. The van der Waals surface area contributed by atoms with Crippen LogP contribution in [0.2, 0.25) is 5.02 Å². The first-order valence-corrected chi connectivity index (χ1v) is 7.12. The number of rotatable bonds is 8. The van der Waals surface area contributed by atoms with Gasteiger partial charge in [-0.2, -0.15) is 0 Å². The number of hydrogen-bond acceptors (Lipinski definition) is 4. The SMILES string of the molecule is CCCOC(=O)CCCCC(=O)Oc1ccccc1Cl. The monoisotopic (exact) mass is 298 g/mol. The number of carbonyl (C=O) groups excluding carboxylic acids is 2. The van der Waals surface area contributed by atoms with E-state index in [1.54, 1.807) is 24.3 Å². The third-order valence-corrected chi connectivity index (χ3v) is 2.85. The van der Waals surface area contributed by atoms with Gasteiger partial charge in [0.1, 0.15) is 5.75 Å². The van der Waals surface area contributed by atoms with Gasteiger partial charge in [0.2, 0.25) is 0 Å². The van der Waals surface area contributed by atoms with Crippen molar-refractivity contribution >= 4 is 23.5 Å². The Morgan fingerprint density at radius 1 is 1.10 bits per heavy atom. The number of carbonyl (C=O) groups is 2. The van der Waals surface area contributed by atoms with E-state index in [1.165, 1.54) is 0 Å². The quantitative estimate of drug-likeness (QED) is 0.416. The molecule has 0 saturated heterocycles. The highest BCUT2D eigenvalue weighted by atomic mass is 35.5. The third-order valence-electron chi connectivity index (χ3n) is 2.54. The first-order valence-electron chi connectivity index (χ1n) is 6.74. The molecular weight excluding hydrogens is 280 g/mol. The summed E-state index contributed by atoms with van der Waals surface area (Å²) in [5, 5.41) is 0.406. The smallest absolute Gasteiger partial charge is 0.311 e. The minimum Gasteiger partial charge on any atom is -0.466 e. The second kappa shape index (κ2) is 9.37. The van der Waals surface area contributed by atoms with Crippen molar-refractivity contribution in [2.45, 2.75) is 39.0 Å². The standard InChI is InChI=1S/C15H19ClO4/c1-2-11-19-14(17)9-5-6-10-15(18)20-13-8-4-3-7-12(13)16/h3-4,7-8H,2,5-6,9-11H2,1H3. The highest BCUT2D eigenvalue weighted by Crippen LogP contribution is 2.23. The lowest BCUT2D eigenvalue weighted by Gasteiger charge is -2.06. The molecule has 1 rings (SSSR count). The van der Waals surface area contributed by atoms with E-state index in [2.05, 4.69) is 0 Å². The lowest BCUT2D eigenvalue weighted by atomic mass is 10.2. The fourth-order valence-electron chi connectivity index (χ4n) is 1.53. The molecule has 0 fully saturated rings. The van der Waals surface area contributed by atoms with E-state index in [9.17, 15) is 9.59 Å². The van der Waals surface area contributed by atoms with E-state index in [0.29, 0.717) is 36.6 Å². The van der Waals surface area contributed by atoms with Gasteiger partial charge in [0, 0.05) is 12.8 Å². The zero-order valence-corrected chi connectivity index (χ0v) is 12.3. The van der Waals surface area contributed by atoms with Gasteiger partial charge >= 0.3 is 11.9 Å². The first kappa shape index (κ1) is 16.5. The van der Waals surface area contributed by atoms with E-state index in [1.807, 2.05) is 6.92 Å². The van der Waals surface area contributed by atoms with Crippen LogP contribution in [-0.2, 0) is 14.3 Å². The summed E-state index contributed by atoms with van der Waals surface area (Å²) in [6.07, 6.45) is 2.60. The molecule has 1 aromatic rings. The Bertz CT molecular complexity index is 445. The number of para-hydroxylation sites is 1. The van der Waals surface area contributed by atoms with Crippen LogP contribution in [0.3, 0.4) is 0 Å². The molecular formula is C15H19ClO4. The Kier molecular flexibility index (Phi) is 7.73. The average Bonchev–Trinajstić information content (AvgIpc) is 2.44. The maximum absolute atomic E-state index is 11.6. The van der Waals surface area contributed by atoms with Crippen molar-refractivity contribution in [2.24, 2.45) is 0 Å². The highest BCUT2D eigenvalue weighted by molar-refractivity contribution is 6.32. The number of ether oxygens (including phenoxy) is 2. The van der Waals surface area contributed by atoms with Gasteiger partial charge in [-0.1, -0.05) is 30.7 Å². The predicted octanol–water partition coefficient (Wildman–Crippen LogP) is 3.76. The van der Waals surface area contributed by atoms with Crippen molar-refractivity contribution in [3.63, 3.8) is 0 Å². The average molecular weight is 299 g/mol. The normalized spacial score (nSPS) is 10.1. The molecule has 20 heavy (non-hydrogen) atoms. The van der Waals surface area contributed by atoms with Gasteiger partial charge in [-0.05, 0) is 31.4 Å². The second-order valence-corrected chi connectivity index (χ2v) is 4.74. The van der Waals surface area contributed by atoms with Crippen molar-refractivity contribution in [1.82, 2.24) is 0 Å². The first-order chi connectivity index (χ1) is 9.63. The van der Waals surface area contributed by atoms with Crippen LogP contribution in [0.25, 0.3) is 0 Å². The van der Waals surface area contributed by atoms with E-state index in [4.69, 9.17) is 21.1 Å². The van der Waals surface area contributed by atoms with Gasteiger partial charge in [0.05, 0.1) is 11.6 Å². The molecule has 1 aromatic carbocycles. The molecule has 5 heteroatoms. The fraction of sp³-hybridized carbons (Fsp3) is 0.467. The Morgan fingerprint density at radius 3 is 2.40 bits per heavy atom. The van der Waals surface area contributed by atoms with Gasteiger partial charge in [-0.25, -0.2) is 0 Å². The Labute approximate surface area is 124 Å². The van der Waals surface area contributed by atoms with Crippen molar-refractivity contribution in [1.29, 1.82) is 0 Å². The van der Waals surface area contributed by atoms with Crippen molar-refractivity contribution in [3.8, 4) is 5.75 Å². The molecule has 110 valence electrons. The Balaban J connectivity index is 2.18. The van der Waals surface area contributed by atoms with Crippen LogP contribution in [-0.4, -0.2) is 18.5 Å². The summed E-state index contributed by atoms with van der Waals surface area (Å²) in [5.74, 6) is -0.201. The van der Waals surface area contributed by atoms with Crippen LogP contribution < -0.4 is 4.74 Å². The van der Waals surface area contributed by atoms with Crippen LogP contribution in [0.1, 0.15) is 39.0 Å². The van der Waals surface area contributed by atoms with Crippen LogP contribution in [0, 0.1) is 0 Å².